The van der Waals surface area contributed by atoms with Crippen LogP contribution in [-0.4, -0.2) is 48.8 Å². The van der Waals surface area contributed by atoms with Crippen molar-refractivity contribution in [3.8, 4) is 5.75 Å². The molecule has 2 aliphatic heterocycles. The molecule has 1 N–H and O–H groups in total. The van der Waals surface area contributed by atoms with Gasteiger partial charge in [-0.1, -0.05) is 0 Å². The number of nitrogens with one attached hydrogen (secondary N) is 1. The van der Waals surface area contributed by atoms with E-state index in [-0.39, 0.29) is 28.9 Å². The largest absolute Gasteiger partial charge is 0.497 e. The summed E-state index contributed by atoms with van der Waals surface area (Å²) in [4.78, 5) is 16.6. The number of aromatic nitrogens is 1. The number of pyridine rings is 1. The zero-order valence-electron chi connectivity index (χ0n) is 15.6. The maximum atomic E-state index is 13.2. The molecule has 2 saturated heterocycles. The van der Waals surface area contributed by atoms with Crippen molar-refractivity contribution in [3.63, 3.8) is 0 Å². The number of carbonyl (C=O) groups is 1. The van der Waals surface area contributed by atoms with Crippen molar-refractivity contribution in [1.29, 1.82) is 0 Å². The van der Waals surface area contributed by atoms with Crippen LogP contribution in [0.1, 0.15) is 36.0 Å². The maximum absolute atomic E-state index is 13.2. The molecular weight excluding hydrogens is 378 g/mol. The van der Waals surface area contributed by atoms with Gasteiger partial charge < -0.3 is 10.1 Å². The third-order valence-electron chi connectivity index (χ3n) is 5.58. The molecular formula is C20H23N3O4S. The van der Waals surface area contributed by atoms with E-state index in [1.54, 1.807) is 60.2 Å². The van der Waals surface area contributed by atoms with Crippen molar-refractivity contribution >= 4 is 15.9 Å². The number of ether oxygens (including phenoxy) is 1. The molecule has 8 heteroatoms. The molecule has 148 valence electrons. The Labute approximate surface area is 164 Å². The molecule has 2 fully saturated rings. The summed E-state index contributed by atoms with van der Waals surface area (Å²) in [5.41, 5.74) is 0.565. The summed E-state index contributed by atoms with van der Waals surface area (Å²) in [5.74, 6) is 0.484. The van der Waals surface area contributed by atoms with Gasteiger partial charge in [-0.25, -0.2) is 8.42 Å². The zero-order chi connectivity index (χ0) is 19.7. The minimum atomic E-state index is -3.57. The molecule has 1 aromatic heterocycles. The topological polar surface area (TPSA) is 88.6 Å². The molecule has 4 rings (SSSR count). The highest BCUT2D eigenvalue weighted by Crippen LogP contribution is 2.40. The van der Waals surface area contributed by atoms with Crippen LogP contribution < -0.4 is 10.1 Å². The number of nitrogens with zero attached hydrogens (tertiary/aromatic N) is 2. The Bertz CT molecular complexity index is 933. The second-order valence-corrected chi connectivity index (χ2v) is 9.12. The molecule has 0 saturated carbocycles. The van der Waals surface area contributed by atoms with Gasteiger partial charge in [0, 0.05) is 36.1 Å². The number of piperidine rings is 1. The van der Waals surface area contributed by atoms with Gasteiger partial charge in [0.25, 0.3) is 5.91 Å². The van der Waals surface area contributed by atoms with Crippen LogP contribution in [0.25, 0.3) is 0 Å². The van der Waals surface area contributed by atoms with Crippen LogP contribution in [0.5, 0.6) is 5.75 Å². The Hall–Kier alpha value is -2.45. The van der Waals surface area contributed by atoms with Gasteiger partial charge in [0.1, 0.15) is 5.75 Å². The number of rotatable bonds is 5. The molecule has 0 aliphatic carbocycles. The molecule has 1 aromatic carbocycles. The summed E-state index contributed by atoms with van der Waals surface area (Å²) in [6, 6.07) is 9.64. The lowest BCUT2D eigenvalue weighted by Gasteiger charge is -2.38. The van der Waals surface area contributed by atoms with Crippen molar-refractivity contribution < 1.29 is 17.9 Å². The molecule has 2 unspecified atom stereocenters. The van der Waals surface area contributed by atoms with E-state index in [2.05, 4.69) is 10.3 Å². The average molecular weight is 401 g/mol. The smallest absolute Gasteiger partial charge is 0.251 e. The Kier molecular flexibility index (Phi) is 5.07. The first kappa shape index (κ1) is 18.9. The Morgan fingerprint density at radius 2 is 1.68 bits per heavy atom. The third-order valence-corrected chi connectivity index (χ3v) is 7.60. The van der Waals surface area contributed by atoms with Crippen molar-refractivity contribution in [3.05, 3.63) is 54.4 Å². The molecule has 2 aliphatic rings. The summed E-state index contributed by atoms with van der Waals surface area (Å²) >= 11 is 0. The second-order valence-electron chi connectivity index (χ2n) is 7.27. The fourth-order valence-corrected chi connectivity index (χ4v) is 6.18. The predicted molar refractivity (Wildman–Crippen MR) is 104 cm³/mol. The van der Waals surface area contributed by atoms with E-state index in [9.17, 15) is 13.2 Å². The van der Waals surface area contributed by atoms with Crippen LogP contribution in [0.15, 0.2) is 53.7 Å². The van der Waals surface area contributed by atoms with Crippen molar-refractivity contribution in [2.45, 2.75) is 48.7 Å². The van der Waals surface area contributed by atoms with Crippen LogP contribution in [0, 0.1) is 0 Å². The Morgan fingerprint density at radius 3 is 2.25 bits per heavy atom. The number of hydrogen-bond acceptors (Lipinski definition) is 5. The Morgan fingerprint density at radius 1 is 1.07 bits per heavy atom. The molecule has 3 heterocycles. The summed E-state index contributed by atoms with van der Waals surface area (Å²) < 4.78 is 33.2. The van der Waals surface area contributed by atoms with Crippen LogP contribution in [0.2, 0.25) is 0 Å². The highest BCUT2D eigenvalue weighted by atomic mass is 32.2. The predicted octanol–water partition coefficient (Wildman–Crippen LogP) is 2.20. The fraction of sp³-hybridized carbons (Fsp3) is 0.400. The lowest BCUT2D eigenvalue weighted by Crippen LogP contribution is -2.52. The highest BCUT2D eigenvalue weighted by molar-refractivity contribution is 7.89. The number of fused-ring (bicyclic) bond motifs is 2. The fourth-order valence-electron chi connectivity index (χ4n) is 4.29. The number of methoxy groups -OCH3 is 1. The molecule has 2 bridgehead atoms. The maximum Gasteiger partial charge on any atom is 0.251 e. The summed E-state index contributed by atoms with van der Waals surface area (Å²) in [7, 11) is -2.02. The minimum absolute atomic E-state index is 0.0273. The van der Waals surface area contributed by atoms with Gasteiger partial charge in [0.15, 0.2) is 0 Å². The number of amides is 1. The monoisotopic (exact) mass is 401 g/mol. The van der Waals surface area contributed by atoms with E-state index in [1.165, 1.54) is 0 Å². The summed E-state index contributed by atoms with van der Waals surface area (Å²) in [6.45, 7) is 0. The highest BCUT2D eigenvalue weighted by Gasteiger charge is 2.47. The van der Waals surface area contributed by atoms with Crippen LogP contribution in [0.4, 0.5) is 0 Å². The molecule has 7 nitrogen and oxygen atoms in total. The van der Waals surface area contributed by atoms with Gasteiger partial charge in [0.2, 0.25) is 10.0 Å². The molecule has 2 atom stereocenters. The molecule has 1 amide bonds. The van der Waals surface area contributed by atoms with Crippen molar-refractivity contribution in [2.75, 3.05) is 7.11 Å². The lowest BCUT2D eigenvalue weighted by atomic mass is 9.99. The van der Waals surface area contributed by atoms with Gasteiger partial charge in [0.05, 0.1) is 12.0 Å². The van der Waals surface area contributed by atoms with E-state index in [1.807, 2.05) is 0 Å². The number of sulfonamides is 1. The van der Waals surface area contributed by atoms with Gasteiger partial charge >= 0.3 is 0 Å². The Balaban J connectivity index is 1.48. The van der Waals surface area contributed by atoms with E-state index in [0.29, 0.717) is 24.2 Å². The van der Waals surface area contributed by atoms with Gasteiger partial charge in [-0.05, 0) is 62.1 Å². The first-order valence-electron chi connectivity index (χ1n) is 9.37. The SMILES string of the molecule is COc1ccc(S(=O)(=O)N2C3CCC2CC(NC(=O)c2ccncc2)C3)cc1. The van der Waals surface area contributed by atoms with E-state index in [4.69, 9.17) is 4.74 Å². The van der Waals surface area contributed by atoms with Crippen LogP contribution in [-0.2, 0) is 10.0 Å². The van der Waals surface area contributed by atoms with Crippen LogP contribution >= 0.6 is 0 Å². The quantitative estimate of drug-likeness (QED) is 0.830. The van der Waals surface area contributed by atoms with Crippen molar-refractivity contribution in [2.24, 2.45) is 0 Å². The van der Waals surface area contributed by atoms with E-state index < -0.39 is 10.0 Å². The first-order valence-corrected chi connectivity index (χ1v) is 10.8. The number of carbonyl (C=O) groups excluding carboxylic acids is 1. The van der Waals surface area contributed by atoms with E-state index >= 15 is 0 Å². The molecule has 2 aromatic rings. The summed E-state index contributed by atoms with van der Waals surface area (Å²) in [5, 5.41) is 3.06. The third kappa shape index (κ3) is 3.49. The molecule has 28 heavy (non-hydrogen) atoms. The number of hydrogen-bond donors (Lipinski definition) is 1. The molecule has 0 spiro atoms. The van der Waals surface area contributed by atoms with Crippen LogP contribution in [0.3, 0.4) is 0 Å². The van der Waals surface area contributed by atoms with Crippen molar-refractivity contribution in [1.82, 2.24) is 14.6 Å². The second kappa shape index (κ2) is 7.52. The molecule has 0 radical (unpaired) electrons. The standard InChI is InChI=1S/C20H23N3O4S/c1-27-18-4-6-19(7-5-18)28(25,26)23-16-2-3-17(23)13-15(12-16)22-20(24)14-8-10-21-11-9-14/h4-11,15-17H,2-3,12-13H2,1H3,(H,22,24). The summed E-state index contributed by atoms with van der Waals surface area (Å²) in [6.07, 6.45) is 6.07. The average Bonchev–Trinajstić information content (AvgIpc) is 3.01. The number of benzene rings is 1. The normalized spacial score (nSPS) is 24.7. The zero-order valence-corrected chi connectivity index (χ0v) is 16.4. The first-order chi connectivity index (χ1) is 13.5. The van der Waals surface area contributed by atoms with Gasteiger partial charge in [-0.2, -0.15) is 4.31 Å². The lowest BCUT2D eigenvalue weighted by molar-refractivity contribution is 0.0909. The van der Waals surface area contributed by atoms with Gasteiger partial charge in [-0.15, -0.1) is 0 Å². The minimum Gasteiger partial charge on any atom is -0.497 e. The van der Waals surface area contributed by atoms with Gasteiger partial charge in [-0.3, -0.25) is 9.78 Å². The van der Waals surface area contributed by atoms with E-state index in [0.717, 1.165) is 12.8 Å².